The minimum absolute atomic E-state index is 0.00770. The second-order valence-electron chi connectivity index (χ2n) is 21.5. The minimum atomic E-state index is -2.51. The van der Waals surface area contributed by atoms with Gasteiger partial charge in [-0.25, -0.2) is 4.79 Å². The Morgan fingerprint density at radius 1 is 0.829 bits per heavy atom. The normalized spacial score (nSPS) is 38.6. The number of carboxylic acid groups (broad SMARTS) is 1. The van der Waals surface area contributed by atoms with Crippen molar-refractivity contribution in [2.45, 2.75) is 217 Å². The number of nitrogens with zero attached hydrogens (tertiary/aromatic N) is 1. The Bertz CT molecular complexity index is 1910. The Labute approximate surface area is 450 Å². The highest BCUT2D eigenvalue weighted by Crippen LogP contribution is 2.36. The maximum Gasteiger partial charge on any atom is 0.331 e. The lowest BCUT2D eigenvalue weighted by molar-refractivity contribution is -0.332. The van der Waals surface area contributed by atoms with E-state index in [1.165, 1.54) is 12.2 Å². The van der Waals surface area contributed by atoms with E-state index in [2.05, 4.69) is 22.5 Å². The molecule has 0 radical (unpaired) electrons. The van der Waals surface area contributed by atoms with Gasteiger partial charge in [0.15, 0.2) is 11.7 Å². The second kappa shape index (κ2) is 34.7. The number of cyclic esters (lactones) is 1. The molecule has 1 fully saturated rings. The summed E-state index contributed by atoms with van der Waals surface area (Å²) in [6.07, 6.45) is 2.38. The molecule has 0 aromatic carbocycles. The highest BCUT2D eigenvalue weighted by Gasteiger charge is 2.49. The number of aliphatic hydroxyl groups excluding tert-OH is 9. The highest BCUT2D eigenvalue weighted by molar-refractivity contribution is 5.90. The third-order valence-corrected chi connectivity index (χ3v) is 14.9. The smallest absolute Gasteiger partial charge is 0.331 e. The number of guanidine groups is 1. The summed E-state index contributed by atoms with van der Waals surface area (Å²) in [6, 6.07) is 0. The zero-order chi connectivity index (χ0) is 57.3. The van der Waals surface area contributed by atoms with E-state index >= 15 is 0 Å². The molecule has 0 aliphatic carbocycles. The van der Waals surface area contributed by atoms with Gasteiger partial charge in [-0.1, -0.05) is 90.2 Å². The number of allylic oxidation sites excluding steroid dienone is 6. The van der Waals surface area contributed by atoms with Crippen molar-refractivity contribution in [2.24, 2.45) is 46.2 Å². The van der Waals surface area contributed by atoms with E-state index in [9.17, 15) is 70.6 Å². The van der Waals surface area contributed by atoms with Crippen LogP contribution in [0.2, 0.25) is 0 Å². The molecule has 14 N–H and O–H groups in total. The van der Waals surface area contributed by atoms with Crippen LogP contribution in [0.5, 0.6) is 0 Å². The van der Waals surface area contributed by atoms with Gasteiger partial charge < -0.3 is 81.4 Å². The molecule has 20 nitrogen and oxygen atoms in total. The largest absolute Gasteiger partial charge is 0.481 e. The summed E-state index contributed by atoms with van der Waals surface area (Å²) in [6.45, 7) is 13.0. The molecule has 0 aromatic heterocycles. The van der Waals surface area contributed by atoms with Crippen LogP contribution in [0.4, 0.5) is 0 Å². The molecule has 0 spiro atoms. The summed E-state index contributed by atoms with van der Waals surface area (Å²) in [7, 11) is 1.62. The third kappa shape index (κ3) is 24.3. The summed E-state index contributed by atoms with van der Waals surface area (Å²) in [4.78, 5) is 41.2. The predicted octanol–water partition coefficient (Wildman–Crippen LogP) is 3.23. The van der Waals surface area contributed by atoms with Gasteiger partial charge in [0.25, 0.3) is 0 Å². The molecule has 2 aliphatic rings. The summed E-state index contributed by atoms with van der Waals surface area (Å²) in [5.41, 5.74) is 6.16. The molecular weight excluding hydrogens is 987 g/mol. The first-order valence-corrected chi connectivity index (χ1v) is 27.2. The van der Waals surface area contributed by atoms with Crippen molar-refractivity contribution >= 4 is 23.9 Å². The van der Waals surface area contributed by atoms with E-state index < -0.39 is 133 Å². The number of carbonyl (C=O) groups is 3. The van der Waals surface area contributed by atoms with Crippen molar-refractivity contribution in [1.29, 1.82) is 0 Å². The number of hydrogen-bond acceptors (Lipinski definition) is 17. The number of fused-ring (bicyclic) bond motifs is 2. The number of aliphatic hydroxyl groups is 10. The first kappa shape index (κ1) is 68.0. The minimum Gasteiger partial charge on any atom is -0.481 e. The highest BCUT2D eigenvalue weighted by atomic mass is 16.7. The van der Waals surface area contributed by atoms with Crippen molar-refractivity contribution in [2.75, 3.05) is 13.6 Å². The fraction of sp³-hybridized carbons (Fsp3) is 0.750. The van der Waals surface area contributed by atoms with Gasteiger partial charge in [0, 0.05) is 74.9 Å². The van der Waals surface area contributed by atoms with Gasteiger partial charge in [-0.3, -0.25) is 14.6 Å². The Hall–Kier alpha value is -4.06. The maximum atomic E-state index is 13.3. The van der Waals surface area contributed by atoms with Crippen LogP contribution >= 0.6 is 0 Å². The molecule has 1 saturated heterocycles. The van der Waals surface area contributed by atoms with Gasteiger partial charge in [0.05, 0.1) is 54.9 Å². The fourth-order valence-corrected chi connectivity index (χ4v) is 9.89. The first-order valence-electron chi connectivity index (χ1n) is 27.2. The van der Waals surface area contributed by atoms with E-state index in [1.54, 1.807) is 66.0 Å². The van der Waals surface area contributed by atoms with Crippen molar-refractivity contribution < 1.29 is 84.8 Å². The van der Waals surface area contributed by atoms with Crippen LogP contribution in [0.25, 0.3) is 0 Å². The van der Waals surface area contributed by atoms with Crippen LogP contribution in [-0.2, 0) is 28.6 Å². The molecule has 20 heteroatoms. The van der Waals surface area contributed by atoms with Gasteiger partial charge in [-0.05, 0) is 76.2 Å². The van der Waals surface area contributed by atoms with E-state index in [-0.39, 0.29) is 56.8 Å². The monoisotopic (exact) mass is 1080 g/mol. The van der Waals surface area contributed by atoms with Crippen LogP contribution in [0, 0.1) is 35.5 Å². The summed E-state index contributed by atoms with van der Waals surface area (Å²) >= 11 is 0. The average Bonchev–Trinajstić information content (AvgIpc) is 3.35. The quantitative estimate of drug-likeness (QED) is 0.0333. The average molecular weight is 1080 g/mol. The SMILES string of the molecule is CN=C(N)NCCC/C=C/CCCC(C)C1OC(=O)/C=C\C=C\C(C)C(O)C(C)C(O)C(C)C(O)CCCC(O)CC2(O)OC(CC(OC(=O)CC(=O)O)CC(O)CC(O)C(C)C(O)/C(C)=C/C=C/C1C)CC(O)C2O. The van der Waals surface area contributed by atoms with Gasteiger partial charge in [0.1, 0.15) is 24.7 Å². The third-order valence-electron chi connectivity index (χ3n) is 14.9. The fourth-order valence-electron chi connectivity index (χ4n) is 9.89. The van der Waals surface area contributed by atoms with E-state index in [0.717, 1.165) is 32.1 Å². The molecule has 0 amide bonds. The molecule has 436 valence electrons. The lowest BCUT2D eigenvalue weighted by Crippen LogP contribution is -2.59. The van der Waals surface area contributed by atoms with Crippen LogP contribution in [0.1, 0.15) is 138 Å². The zero-order valence-corrected chi connectivity index (χ0v) is 46.1. The maximum absolute atomic E-state index is 13.3. The lowest BCUT2D eigenvalue weighted by atomic mass is 9.81. The van der Waals surface area contributed by atoms with Crippen molar-refractivity contribution in [3.05, 3.63) is 60.3 Å². The number of aliphatic imine (C=N–C) groups is 1. The Morgan fingerprint density at radius 2 is 1.49 bits per heavy atom. The van der Waals surface area contributed by atoms with Gasteiger partial charge in [-0.15, -0.1) is 0 Å². The van der Waals surface area contributed by atoms with E-state index in [4.69, 9.17) is 19.9 Å². The number of carbonyl (C=O) groups excluding carboxylic acids is 2. The molecule has 2 heterocycles. The van der Waals surface area contributed by atoms with Crippen molar-refractivity contribution in [3.63, 3.8) is 0 Å². The number of nitrogens with one attached hydrogen (secondary N) is 1. The molecule has 2 rings (SSSR count). The van der Waals surface area contributed by atoms with Gasteiger partial charge in [0.2, 0.25) is 0 Å². The first-order chi connectivity index (χ1) is 35.7. The van der Waals surface area contributed by atoms with E-state index in [1.807, 2.05) is 19.9 Å². The van der Waals surface area contributed by atoms with Crippen LogP contribution in [-0.4, -0.2) is 173 Å². The number of unbranched alkanes of at least 4 members (excludes halogenated alkanes) is 2. The molecule has 0 saturated carbocycles. The Kier molecular flexibility index (Phi) is 31.1. The zero-order valence-electron chi connectivity index (χ0n) is 46.1. The van der Waals surface area contributed by atoms with Crippen LogP contribution < -0.4 is 11.1 Å². The number of rotatable bonds is 12. The van der Waals surface area contributed by atoms with Crippen LogP contribution in [0.3, 0.4) is 0 Å². The van der Waals surface area contributed by atoms with Gasteiger partial charge in [-0.2, -0.15) is 0 Å². The predicted molar refractivity (Wildman–Crippen MR) is 287 cm³/mol. The molecule has 76 heavy (non-hydrogen) atoms. The molecule has 19 atom stereocenters. The summed E-state index contributed by atoms with van der Waals surface area (Å²) in [5.74, 6) is -8.38. The number of hydrogen-bond donors (Lipinski definition) is 13. The Balaban J connectivity index is 2.44. The molecular formula is C56H95N3O17. The number of nitrogens with two attached hydrogens (primary N) is 1. The van der Waals surface area contributed by atoms with Crippen molar-refractivity contribution in [1.82, 2.24) is 5.32 Å². The van der Waals surface area contributed by atoms with E-state index in [0.29, 0.717) is 18.1 Å². The Morgan fingerprint density at radius 3 is 2.14 bits per heavy atom. The number of esters is 2. The standard InChI is InChI=1S/C56H95N3O17/c1-33-19-14-15-25-48(67)75-53(35(3)20-13-11-9-10-12-16-26-59-55(57)58-8)36(4)22-17-21-34(2)50(69)38(6)45(63)28-41(61)27-42(74-49(68)31-47(65)66)29-43-30-46(64)54(72)56(73,76-43)32-40(60)23-18-24-44(62)37(5)52(71)39(7)51(33)70/h9-10,14-15,17,19,21-22,25,33,35-46,50-54,60-64,69-73H,11-13,16,18,20,23-24,26-32H2,1-8H3,(H,65,66)(H3,57,58,59)/b10-9+,19-14+,22-17+,25-15-,34-21+. The molecule has 19 unspecified atom stereocenters. The molecule has 0 aromatic rings. The number of carboxylic acids is 1. The number of ether oxygens (including phenoxy) is 3. The second-order valence-corrected chi connectivity index (χ2v) is 21.5. The van der Waals surface area contributed by atoms with Gasteiger partial charge >= 0.3 is 17.9 Å². The topological polar surface area (TPSA) is 352 Å². The summed E-state index contributed by atoms with van der Waals surface area (Å²) in [5, 5.41) is 124. The van der Waals surface area contributed by atoms with Crippen molar-refractivity contribution in [3.8, 4) is 0 Å². The number of aliphatic carboxylic acids is 1. The lowest BCUT2D eigenvalue weighted by Gasteiger charge is -2.45. The van der Waals surface area contributed by atoms with Crippen LogP contribution in [0.15, 0.2) is 65.2 Å². The molecule has 2 aliphatic heterocycles. The summed E-state index contributed by atoms with van der Waals surface area (Å²) < 4.78 is 17.4. The molecule has 2 bridgehead atoms.